The first-order valence-electron chi connectivity index (χ1n) is 7.27. The van der Waals surface area contributed by atoms with E-state index in [9.17, 15) is 19.3 Å². The molecule has 1 heterocycles. The smallest absolute Gasteiger partial charge is 0.311 e. The Morgan fingerprint density at radius 3 is 2.88 bits per heavy atom. The van der Waals surface area contributed by atoms with Crippen molar-refractivity contribution >= 4 is 38.3 Å². The Morgan fingerprint density at radius 2 is 2.15 bits per heavy atom. The van der Waals surface area contributed by atoms with Crippen LogP contribution in [0.5, 0.6) is 11.5 Å². The van der Waals surface area contributed by atoms with Gasteiger partial charge in [-0.3, -0.25) is 20.2 Å². The van der Waals surface area contributed by atoms with Crippen LogP contribution >= 0.6 is 11.3 Å². The molecule has 1 N–H and O–H groups in total. The first-order chi connectivity index (χ1) is 12.5. The third-order valence-corrected chi connectivity index (χ3v) is 4.25. The number of rotatable bonds is 6. The zero-order chi connectivity index (χ0) is 18.7. The molecule has 0 aliphatic rings. The lowest BCUT2D eigenvalue weighted by atomic mass is 10.3. The van der Waals surface area contributed by atoms with Crippen molar-refractivity contribution < 1.29 is 23.6 Å². The number of benzene rings is 2. The van der Waals surface area contributed by atoms with Gasteiger partial charge in [0.1, 0.15) is 11.6 Å². The van der Waals surface area contributed by atoms with Gasteiger partial charge in [-0.25, -0.2) is 9.37 Å². The topological polar surface area (TPSA) is 104 Å². The number of fused-ring (bicyclic) bond motifs is 1. The van der Waals surface area contributed by atoms with Crippen LogP contribution in [0.25, 0.3) is 10.2 Å². The van der Waals surface area contributed by atoms with Crippen LogP contribution in [0.15, 0.2) is 36.4 Å². The number of nitrogens with zero attached hydrogens (tertiary/aromatic N) is 2. The molecule has 0 bridgehead atoms. The Labute approximate surface area is 150 Å². The van der Waals surface area contributed by atoms with E-state index in [2.05, 4.69) is 10.3 Å². The number of nitrogens with one attached hydrogen (secondary N) is 1. The normalized spacial score (nSPS) is 10.5. The highest BCUT2D eigenvalue weighted by molar-refractivity contribution is 7.22. The fourth-order valence-corrected chi connectivity index (χ4v) is 3.05. The van der Waals surface area contributed by atoms with E-state index in [1.54, 1.807) is 25.3 Å². The summed E-state index contributed by atoms with van der Waals surface area (Å²) in [4.78, 5) is 26.4. The Balaban J connectivity index is 1.68. The summed E-state index contributed by atoms with van der Waals surface area (Å²) in [7, 11) is 1.55. The second-order valence-corrected chi connectivity index (χ2v) is 6.09. The zero-order valence-corrected chi connectivity index (χ0v) is 14.2. The first kappa shape index (κ1) is 17.5. The monoisotopic (exact) mass is 377 g/mol. The molecular formula is C16H12FN3O5S. The maximum absolute atomic E-state index is 13.2. The van der Waals surface area contributed by atoms with Gasteiger partial charge in [-0.15, -0.1) is 0 Å². The lowest BCUT2D eigenvalue weighted by Crippen LogP contribution is -2.20. The molecule has 0 aliphatic carbocycles. The standard InChI is InChI=1S/C16H12FN3O5S/c1-24-10-3-4-11-14(7-10)26-16(18-11)19-15(21)8-25-13-6-9(17)2-5-12(13)20(22)23/h2-7H,8H2,1H3,(H,18,19,21). The van der Waals surface area contributed by atoms with Gasteiger partial charge in [0.15, 0.2) is 11.7 Å². The SMILES string of the molecule is COc1ccc2nc(NC(=O)COc3cc(F)ccc3[N+](=O)[O-])sc2c1. The largest absolute Gasteiger partial charge is 0.497 e. The number of nitro benzene ring substituents is 1. The number of methoxy groups -OCH3 is 1. The fourth-order valence-electron chi connectivity index (χ4n) is 2.14. The van der Waals surface area contributed by atoms with Crippen molar-refractivity contribution in [1.82, 2.24) is 4.98 Å². The van der Waals surface area contributed by atoms with Gasteiger partial charge in [-0.2, -0.15) is 0 Å². The van der Waals surface area contributed by atoms with E-state index >= 15 is 0 Å². The Hall–Kier alpha value is -3.27. The molecule has 0 saturated carbocycles. The van der Waals surface area contributed by atoms with Crippen LogP contribution in [0.4, 0.5) is 15.2 Å². The number of nitro groups is 1. The quantitative estimate of drug-likeness (QED) is 0.522. The van der Waals surface area contributed by atoms with Crippen LogP contribution in [0, 0.1) is 15.9 Å². The highest BCUT2D eigenvalue weighted by atomic mass is 32.1. The molecule has 0 spiro atoms. The first-order valence-corrected chi connectivity index (χ1v) is 8.09. The summed E-state index contributed by atoms with van der Waals surface area (Å²) in [6.07, 6.45) is 0. The molecule has 0 fully saturated rings. The van der Waals surface area contributed by atoms with Crippen LogP contribution in [-0.4, -0.2) is 29.5 Å². The molecule has 0 unspecified atom stereocenters. The van der Waals surface area contributed by atoms with E-state index < -0.39 is 28.9 Å². The number of carbonyl (C=O) groups is 1. The lowest BCUT2D eigenvalue weighted by molar-refractivity contribution is -0.385. The summed E-state index contributed by atoms with van der Waals surface area (Å²) in [6, 6.07) is 8.07. The maximum atomic E-state index is 13.2. The predicted octanol–water partition coefficient (Wildman–Crippen LogP) is 3.37. The minimum atomic E-state index is -0.715. The lowest BCUT2D eigenvalue weighted by Gasteiger charge is -2.06. The molecule has 26 heavy (non-hydrogen) atoms. The van der Waals surface area contributed by atoms with Crippen molar-refractivity contribution in [2.24, 2.45) is 0 Å². The van der Waals surface area contributed by atoms with Crippen LogP contribution in [0.3, 0.4) is 0 Å². The number of hydrogen-bond donors (Lipinski definition) is 1. The van der Waals surface area contributed by atoms with Gasteiger partial charge < -0.3 is 9.47 Å². The number of aromatic nitrogens is 1. The predicted molar refractivity (Wildman–Crippen MR) is 93.4 cm³/mol. The molecular weight excluding hydrogens is 365 g/mol. The highest BCUT2D eigenvalue weighted by Crippen LogP contribution is 2.30. The summed E-state index contributed by atoms with van der Waals surface area (Å²) in [6.45, 7) is -0.524. The molecule has 8 nitrogen and oxygen atoms in total. The third kappa shape index (κ3) is 3.86. The summed E-state index contributed by atoms with van der Waals surface area (Å²) >= 11 is 1.24. The fraction of sp³-hybridized carbons (Fsp3) is 0.125. The average molecular weight is 377 g/mol. The van der Waals surface area contributed by atoms with E-state index in [-0.39, 0.29) is 5.75 Å². The van der Waals surface area contributed by atoms with Crippen LogP contribution < -0.4 is 14.8 Å². The van der Waals surface area contributed by atoms with E-state index in [1.807, 2.05) is 0 Å². The summed E-state index contributed by atoms with van der Waals surface area (Å²) in [5, 5.41) is 13.8. The summed E-state index contributed by atoms with van der Waals surface area (Å²) in [5.41, 5.74) is 0.263. The van der Waals surface area contributed by atoms with Crippen LogP contribution in [0.1, 0.15) is 0 Å². The van der Waals surface area contributed by atoms with Gasteiger partial charge in [0.05, 0.1) is 22.2 Å². The molecule has 2 aromatic carbocycles. The minimum Gasteiger partial charge on any atom is -0.497 e. The Bertz CT molecular complexity index is 991. The Morgan fingerprint density at radius 1 is 1.35 bits per heavy atom. The zero-order valence-electron chi connectivity index (χ0n) is 13.4. The van der Waals surface area contributed by atoms with Crippen LogP contribution in [0.2, 0.25) is 0 Å². The molecule has 10 heteroatoms. The molecule has 3 rings (SSSR count). The van der Waals surface area contributed by atoms with Crippen molar-refractivity contribution in [3.8, 4) is 11.5 Å². The third-order valence-electron chi connectivity index (χ3n) is 3.32. The number of amides is 1. The van der Waals surface area contributed by atoms with Gasteiger partial charge in [-0.05, 0) is 24.3 Å². The average Bonchev–Trinajstić information content (AvgIpc) is 3.00. The molecule has 0 radical (unpaired) electrons. The summed E-state index contributed by atoms with van der Waals surface area (Å²) in [5.74, 6) is -0.930. The van der Waals surface area contributed by atoms with Gasteiger partial charge in [-0.1, -0.05) is 11.3 Å². The number of halogens is 1. The van der Waals surface area contributed by atoms with Crippen molar-refractivity contribution in [3.05, 3.63) is 52.3 Å². The van der Waals surface area contributed by atoms with Crippen molar-refractivity contribution in [1.29, 1.82) is 0 Å². The Kier molecular flexibility index (Phi) is 4.94. The molecule has 0 aliphatic heterocycles. The van der Waals surface area contributed by atoms with Crippen molar-refractivity contribution in [3.63, 3.8) is 0 Å². The molecule has 134 valence electrons. The maximum Gasteiger partial charge on any atom is 0.311 e. The van der Waals surface area contributed by atoms with Crippen molar-refractivity contribution in [2.75, 3.05) is 19.0 Å². The number of carbonyl (C=O) groups excluding carboxylic acids is 1. The van der Waals surface area contributed by atoms with Gasteiger partial charge in [0, 0.05) is 12.1 Å². The summed E-state index contributed by atoms with van der Waals surface area (Å²) < 4.78 is 24.3. The highest BCUT2D eigenvalue weighted by Gasteiger charge is 2.17. The molecule has 3 aromatic rings. The van der Waals surface area contributed by atoms with Gasteiger partial charge in [0.25, 0.3) is 5.91 Å². The van der Waals surface area contributed by atoms with Crippen LogP contribution in [-0.2, 0) is 4.79 Å². The number of thiazole rings is 1. The minimum absolute atomic E-state index is 0.320. The van der Waals surface area contributed by atoms with Crippen molar-refractivity contribution in [2.45, 2.75) is 0 Å². The second-order valence-electron chi connectivity index (χ2n) is 5.06. The molecule has 1 aromatic heterocycles. The van der Waals surface area contributed by atoms with Gasteiger partial charge >= 0.3 is 5.69 Å². The van der Waals surface area contributed by atoms with Gasteiger partial charge in [0.2, 0.25) is 5.75 Å². The van der Waals surface area contributed by atoms with E-state index in [0.717, 1.165) is 22.9 Å². The number of hydrogen-bond acceptors (Lipinski definition) is 7. The molecule has 0 atom stereocenters. The number of anilines is 1. The molecule has 1 amide bonds. The number of ether oxygens (including phenoxy) is 2. The van der Waals surface area contributed by atoms with E-state index in [0.29, 0.717) is 16.4 Å². The second kappa shape index (κ2) is 7.31. The van der Waals surface area contributed by atoms with E-state index in [4.69, 9.17) is 9.47 Å². The molecule has 0 saturated heterocycles. The van der Waals surface area contributed by atoms with E-state index in [1.165, 1.54) is 11.3 Å².